The maximum atomic E-state index is 12.9. The third-order valence-corrected chi connectivity index (χ3v) is 3.12. The smallest absolute Gasteiger partial charge is 0.221 e. The third-order valence-electron chi connectivity index (χ3n) is 3.12. The van der Waals surface area contributed by atoms with Gasteiger partial charge in [0.05, 0.1) is 18.8 Å². The predicted octanol–water partition coefficient (Wildman–Crippen LogP) is 2.39. The van der Waals surface area contributed by atoms with E-state index >= 15 is 0 Å². The lowest BCUT2D eigenvalue weighted by Gasteiger charge is -2.15. The van der Waals surface area contributed by atoms with Gasteiger partial charge in [-0.05, 0) is 31.5 Å². The van der Waals surface area contributed by atoms with E-state index in [0.717, 1.165) is 5.56 Å². The number of aromatic nitrogens is 2. The Kier molecular flexibility index (Phi) is 4.70. The monoisotopic (exact) mass is 291 g/mol. The number of rotatable bonds is 5. The molecule has 0 amide bonds. The highest BCUT2D eigenvalue weighted by atomic mass is 19.1. The molecule has 1 atom stereocenters. The van der Waals surface area contributed by atoms with Crippen molar-refractivity contribution in [3.8, 4) is 5.88 Å². The second-order valence-corrected chi connectivity index (χ2v) is 4.70. The molecule has 0 radical (unpaired) electrons. The van der Waals surface area contributed by atoms with E-state index in [1.54, 1.807) is 26.2 Å². The Morgan fingerprint density at radius 1 is 1.24 bits per heavy atom. The molecule has 0 spiro atoms. The quantitative estimate of drug-likeness (QED) is 0.885. The topological polar surface area (TPSA) is 67.3 Å². The van der Waals surface area contributed by atoms with Gasteiger partial charge in [-0.3, -0.25) is 0 Å². The number of hydrogen-bond donors (Lipinski definition) is 2. The van der Waals surface area contributed by atoms with Crippen molar-refractivity contribution in [1.29, 1.82) is 0 Å². The van der Waals surface area contributed by atoms with Gasteiger partial charge in [-0.15, -0.1) is 0 Å². The first-order chi connectivity index (χ1) is 10.0. The highest BCUT2D eigenvalue weighted by Crippen LogP contribution is 2.22. The van der Waals surface area contributed by atoms with Crippen LogP contribution in [0.25, 0.3) is 0 Å². The lowest BCUT2D eigenvalue weighted by Crippen LogP contribution is -2.15. The molecule has 2 N–H and O–H groups in total. The molecule has 0 aliphatic rings. The molecule has 112 valence electrons. The Morgan fingerprint density at radius 2 is 1.90 bits per heavy atom. The van der Waals surface area contributed by atoms with Crippen LogP contribution in [0.3, 0.4) is 0 Å². The number of benzene rings is 1. The van der Waals surface area contributed by atoms with Gasteiger partial charge >= 0.3 is 0 Å². The van der Waals surface area contributed by atoms with Crippen LogP contribution >= 0.6 is 0 Å². The second kappa shape index (κ2) is 6.49. The average molecular weight is 291 g/mol. The maximum Gasteiger partial charge on any atom is 0.221 e. The fourth-order valence-electron chi connectivity index (χ4n) is 1.97. The number of hydrogen-bond acceptors (Lipinski definition) is 5. The molecule has 1 aromatic heterocycles. The average Bonchev–Trinajstić information content (AvgIpc) is 2.48. The van der Waals surface area contributed by atoms with Crippen LogP contribution in [0.4, 0.5) is 10.2 Å². The molecule has 1 unspecified atom stereocenters. The molecule has 21 heavy (non-hydrogen) atoms. The summed E-state index contributed by atoms with van der Waals surface area (Å²) in [4.78, 5) is 8.46. The highest BCUT2D eigenvalue weighted by Gasteiger charge is 2.12. The molecule has 1 heterocycles. The van der Waals surface area contributed by atoms with Gasteiger partial charge < -0.3 is 15.2 Å². The van der Waals surface area contributed by atoms with E-state index in [4.69, 9.17) is 4.74 Å². The van der Waals surface area contributed by atoms with Gasteiger partial charge in [0.25, 0.3) is 0 Å². The van der Waals surface area contributed by atoms with Gasteiger partial charge in [0.2, 0.25) is 5.88 Å². The summed E-state index contributed by atoms with van der Waals surface area (Å²) in [5.74, 6) is 1.36. The molecule has 0 aliphatic carbocycles. The predicted molar refractivity (Wildman–Crippen MR) is 77.9 cm³/mol. The van der Waals surface area contributed by atoms with Crippen molar-refractivity contribution in [1.82, 2.24) is 9.97 Å². The molecule has 0 fully saturated rings. The maximum absolute atomic E-state index is 12.9. The summed E-state index contributed by atoms with van der Waals surface area (Å²) in [7, 11) is 1.55. The van der Waals surface area contributed by atoms with E-state index in [1.165, 1.54) is 12.1 Å². The summed E-state index contributed by atoms with van der Waals surface area (Å²) in [5, 5.41) is 13.2. The van der Waals surface area contributed by atoms with E-state index in [9.17, 15) is 9.50 Å². The van der Waals surface area contributed by atoms with Crippen LogP contribution in [0, 0.1) is 19.7 Å². The zero-order chi connectivity index (χ0) is 15.4. The molecule has 0 saturated carbocycles. The first kappa shape index (κ1) is 15.2. The number of aliphatic hydroxyl groups excluding tert-OH is 1. The van der Waals surface area contributed by atoms with Gasteiger partial charge in [-0.2, -0.15) is 4.98 Å². The minimum atomic E-state index is -0.758. The Hall–Kier alpha value is -2.21. The lowest BCUT2D eigenvalue weighted by atomic mass is 10.1. The van der Waals surface area contributed by atoms with E-state index in [1.807, 2.05) is 6.92 Å². The van der Waals surface area contributed by atoms with Crippen molar-refractivity contribution >= 4 is 5.82 Å². The van der Waals surface area contributed by atoms with Crippen molar-refractivity contribution in [3.63, 3.8) is 0 Å². The minimum Gasteiger partial charge on any atom is -0.481 e. The van der Waals surface area contributed by atoms with Crippen molar-refractivity contribution in [2.75, 3.05) is 19.0 Å². The highest BCUT2D eigenvalue weighted by molar-refractivity contribution is 5.48. The Bertz CT molecular complexity index is 617. The fourth-order valence-corrected chi connectivity index (χ4v) is 1.97. The van der Waals surface area contributed by atoms with Crippen LogP contribution in [0.5, 0.6) is 5.88 Å². The van der Waals surface area contributed by atoms with Crippen molar-refractivity contribution < 1.29 is 14.2 Å². The largest absolute Gasteiger partial charge is 0.481 e. The Balaban J connectivity index is 2.09. The number of halogens is 1. The van der Waals surface area contributed by atoms with Crippen LogP contribution in [0.15, 0.2) is 24.3 Å². The van der Waals surface area contributed by atoms with Gasteiger partial charge in [0.1, 0.15) is 17.5 Å². The van der Waals surface area contributed by atoms with Crippen LogP contribution in [-0.4, -0.2) is 28.7 Å². The second-order valence-electron chi connectivity index (χ2n) is 4.70. The standard InChI is InChI=1S/C15H18FN3O2/c1-9-14(18-10(2)19-15(9)21-3)17-8-13(20)11-4-6-12(16)7-5-11/h4-7,13,20H,8H2,1-3H3,(H,17,18,19). The van der Waals surface area contributed by atoms with E-state index in [2.05, 4.69) is 15.3 Å². The SMILES string of the molecule is COc1nc(C)nc(NCC(O)c2ccc(F)cc2)c1C. The summed E-state index contributed by atoms with van der Waals surface area (Å²) in [6.07, 6.45) is -0.758. The van der Waals surface area contributed by atoms with Crippen molar-refractivity contribution in [2.24, 2.45) is 0 Å². The summed E-state index contributed by atoms with van der Waals surface area (Å²) in [5.41, 5.74) is 1.41. The van der Waals surface area contributed by atoms with Gasteiger partial charge in [0.15, 0.2) is 0 Å². The summed E-state index contributed by atoms with van der Waals surface area (Å²) < 4.78 is 18.0. The number of nitrogens with one attached hydrogen (secondary N) is 1. The van der Waals surface area contributed by atoms with E-state index in [-0.39, 0.29) is 12.4 Å². The molecular formula is C15H18FN3O2. The third kappa shape index (κ3) is 3.66. The van der Waals surface area contributed by atoms with Gasteiger partial charge in [0, 0.05) is 6.54 Å². The summed E-state index contributed by atoms with van der Waals surface area (Å²) in [6, 6.07) is 5.75. The molecule has 2 rings (SSSR count). The van der Waals surface area contributed by atoms with Crippen LogP contribution in [0.2, 0.25) is 0 Å². The Morgan fingerprint density at radius 3 is 2.52 bits per heavy atom. The molecule has 5 nitrogen and oxygen atoms in total. The summed E-state index contributed by atoms with van der Waals surface area (Å²) in [6.45, 7) is 3.86. The van der Waals surface area contributed by atoms with E-state index < -0.39 is 6.10 Å². The molecule has 6 heteroatoms. The van der Waals surface area contributed by atoms with Crippen molar-refractivity contribution in [2.45, 2.75) is 20.0 Å². The van der Waals surface area contributed by atoms with Crippen molar-refractivity contribution in [3.05, 3.63) is 47.0 Å². The number of anilines is 1. The van der Waals surface area contributed by atoms with Crippen LogP contribution in [0.1, 0.15) is 23.1 Å². The molecule has 0 saturated heterocycles. The van der Waals surface area contributed by atoms with Crippen LogP contribution in [-0.2, 0) is 0 Å². The normalized spacial score (nSPS) is 12.0. The number of aliphatic hydroxyl groups is 1. The fraction of sp³-hybridized carbons (Fsp3) is 0.333. The number of methoxy groups -OCH3 is 1. The van der Waals surface area contributed by atoms with Crippen LogP contribution < -0.4 is 10.1 Å². The number of aryl methyl sites for hydroxylation is 1. The molecule has 0 aliphatic heterocycles. The molecule has 1 aromatic carbocycles. The first-order valence-electron chi connectivity index (χ1n) is 6.58. The molecule has 2 aromatic rings. The Labute approximate surface area is 122 Å². The van der Waals surface area contributed by atoms with E-state index in [0.29, 0.717) is 23.1 Å². The minimum absolute atomic E-state index is 0.256. The molecule has 0 bridgehead atoms. The first-order valence-corrected chi connectivity index (χ1v) is 6.58. The zero-order valence-corrected chi connectivity index (χ0v) is 12.2. The van der Waals surface area contributed by atoms with Gasteiger partial charge in [-0.25, -0.2) is 9.37 Å². The number of nitrogens with zero attached hydrogens (tertiary/aromatic N) is 2. The lowest BCUT2D eigenvalue weighted by molar-refractivity contribution is 0.191. The molecular weight excluding hydrogens is 273 g/mol. The van der Waals surface area contributed by atoms with Gasteiger partial charge in [-0.1, -0.05) is 12.1 Å². The zero-order valence-electron chi connectivity index (χ0n) is 12.2. The summed E-state index contributed by atoms with van der Waals surface area (Å²) >= 11 is 0. The number of ether oxygens (including phenoxy) is 1.